The van der Waals surface area contributed by atoms with Crippen LogP contribution < -0.4 is 0 Å². The van der Waals surface area contributed by atoms with E-state index in [1.165, 1.54) is 146 Å². The molecule has 2 atom stereocenters. The van der Waals surface area contributed by atoms with Gasteiger partial charge in [0, 0.05) is 51.4 Å². The minimum absolute atomic E-state index is 0.251. The highest BCUT2D eigenvalue weighted by molar-refractivity contribution is 5.86. The minimum atomic E-state index is -1.76. The van der Waals surface area contributed by atoms with Gasteiger partial charge in [0.05, 0.1) is 25.2 Å². The molecule has 410 valence electrons. The predicted molar refractivity (Wildman–Crippen MR) is 289 cm³/mol. The Hall–Kier alpha value is -3.96. The van der Waals surface area contributed by atoms with E-state index in [9.17, 15) is 19.2 Å². The molecule has 3 aliphatic rings. The number of piperidine rings is 1. The number of hydrogen-bond donors (Lipinski definition) is 0. The SMILES string of the molecule is CCCCCCCCCCCCCCCC(=O)OCC(COC(=O)CCCCCCCCCCCCCCC)OC(=O)OCOC(C(=O)OC1CC2CCC(C1)[N+]21CCCC1)(c1ccccc1)c1ccccc1. The van der Waals surface area contributed by atoms with Crippen molar-refractivity contribution in [2.24, 2.45) is 0 Å². The van der Waals surface area contributed by atoms with E-state index in [0.717, 1.165) is 64.2 Å². The second kappa shape index (κ2) is 35.3. The third-order valence-electron chi connectivity index (χ3n) is 16.2. The molecule has 0 amide bonds. The van der Waals surface area contributed by atoms with Crippen LogP contribution in [-0.4, -0.2) is 85.9 Å². The van der Waals surface area contributed by atoms with Gasteiger partial charge in [-0.15, -0.1) is 0 Å². The van der Waals surface area contributed by atoms with E-state index < -0.39 is 42.6 Å². The van der Waals surface area contributed by atoms with Crippen molar-refractivity contribution in [1.82, 2.24) is 0 Å². The van der Waals surface area contributed by atoms with Gasteiger partial charge in [-0.1, -0.05) is 229 Å². The molecule has 2 aromatic rings. The van der Waals surface area contributed by atoms with E-state index in [4.69, 9.17) is 28.4 Å². The summed E-state index contributed by atoms with van der Waals surface area (Å²) in [6.07, 6.45) is 35.9. The fourth-order valence-corrected chi connectivity index (χ4v) is 12.1. The monoisotopic (exact) mass is 1020 g/mol. The van der Waals surface area contributed by atoms with Crippen molar-refractivity contribution in [3.63, 3.8) is 0 Å². The molecule has 0 radical (unpaired) electrons. The lowest BCUT2D eigenvalue weighted by molar-refractivity contribution is -0.956. The van der Waals surface area contributed by atoms with Gasteiger partial charge in [-0.3, -0.25) is 9.59 Å². The highest BCUT2D eigenvalue weighted by Crippen LogP contribution is 2.47. The molecule has 3 fully saturated rings. The van der Waals surface area contributed by atoms with E-state index in [0.29, 0.717) is 36.1 Å². The first-order valence-electron chi connectivity index (χ1n) is 29.8. The predicted octanol–water partition coefficient (Wildman–Crippen LogP) is 15.3. The Bertz CT molecular complexity index is 1700. The Labute approximate surface area is 441 Å². The minimum Gasteiger partial charge on any atom is -0.462 e. The average molecular weight is 1020 g/mol. The van der Waals surface area contributed by atoms with Crippen LogP contribution in [0.15, 0.2) is 60.7 Å². The zero-order valence-corrected chi connectivity index (χ0v) is 45.7. The molecule has 11 nitrogen and oxygen atoms in total. The number of benzene rings is 2. The lowest BCUT2D eigenvalue weighted by Gasteiger charge is -2.47. The zero-order valence-electron chi connectivity index (χ0n) is 45.7. The molecular weight excluding hydrogens is 919 g/mol. The van der Waals surface area contributed by atoms with Crippen LogP contribution >= 0.6 is 0 Å². The quantitative estimate of drug-likeness (QED) is 0.0210. The number of carbonyl (C=O) groups is 4. The number of quaternary nitrogens is 1. The van der Waals surface area contributed by atoms with Gasteiger partial charge in [0.15, 0.2) is 12.9 Å². The molecule has 0 N–H and O–H groups in total. The molecule has 3 saturated heterocycles. The summed E-state index contributed by atoms with van der Waals surface area (Å²) in [7, 11) is 0. The van der Waals surface area contributed by atoms with Crippen LogP contribution in [0.4, 0.5) is 4.79 Å². The summed E-state index contributed by atoms with van der Waals surface area (Å²) >= 11 is 0. The van der Waals surface area contributed by atoms with E-state index in [-0.39, 0.29) is 32.2 Å². The summed E-state index contributed by atoms with van der Waals surface area (Å²) in [6, 6.07) is 19.3. The Kier molecular flexibility index (Phi) is 29.0. The van der Waals surface area contributed by atoms with Gasteiger partial charge in [-0.25, -0.2) is 9.59 Å². The van der Waals surface area contributed by atoms with Crippen LogP contribution in [0.1, 0.15) is 243 Å². The standard InChI is InChI=1S/C62H98NO10/c1-3-5-7-9-11-13-15-17-19-21-23-25-33-41-58(64)68-49-57(50-69-59(65)42-34-26-24-22-20-18-16-14-12-10-8-6-4-2)73-61(67)70-51-71-62(52-37-29-27-30-38-52,53-39-31-28-32-40-53)60(66)72-56-47-54-43-44-55(48-56)63(54)45-35-36-46-63/h27-32,37-40,54-57H,3-26,33-36,41-51H2,1-2H3/q+1. The fraction of sp³-hybridized carbons (Fsp3) is 0.742. The maximum absolute atomic E-state index is 14.8. The molecule has 0 saturated carbocycles. The van der Waals surface area contributed by atoms with Crippen molar-refractivity contribution in [2.45, 2.75) is 262 Å². The van der Waals surface area contributed by atoms with Crippen LogP contribution in [0.5, 0.6) is 0 Å². The number of esters is 3. The van der Waals surface area contributed by atoms with Gasteiger partial charge in [-0.05, 0) is 24.0 Å². The van der Waals surface area contributed by atoms with Crippen molar-refractivity contribution in [1.29, 1.82) is 0 Å². The van der Waals surface area contributed by atoms with Crippen LogP contribution in [0.2, 0.25) is 0 Å². The first kappa shape index (κ1) is 59.9. The highest BCUT2D eigenvalue weighted by atomic mass is 16.8. The average Bonchev–Trinajstić information content (AvgIpc) is 3.95. The topological polar surface area (TPSA) is 124 Å². The Morgan fingerprint density at radius 3 is 1.30 bits per heavy atom. The number of hydrogen-bond acceptors (Lipinski definition) is 10. The summed E-state index contributed by atoms with van der Waals surface area (Å²) in [6.45, 7) is 5.69. The maximum atomic E-state index is 14.8. The normalized spacial score (nSPS) is 18.0. The lowest BCUT2D eigenvalue weighted by atomic mass is 9.85. The Morgan fingerprint density at radius 1 is 0.521 bits per heavy atom. The van der Waals surface area contributed by atoms with E-state index >= 15 is 0 Å². The number of unbranched alkanes of at least 4 members (excludes halogenated alkanes) is 24. The number of carbonyl (C=O) groups excluding carboxylic acids is 4. The number of nitrogens with zero attached hydrogens (tertiary/aromatic N) is 1. The van der Waals surface area contributed by atoms with Crippen LogP contribution in [0.25, 0.3) is 0 Å². The van der Waals surface area contributed by atoms with E-state index in [1.807, 2.05) is 60.7 Å². The highest BCUT2D eigenvalue weighted by Gasteiger charge is 2.57. The van der Waals surface area contributed by atoms with Crippen molar-refractivity contribution in [2.75, 3.05) is 33.1 Å². The zero-order chi connectivity index (χ0) is 51.7. The van der Waals surface area contributed by atoms with Gasteiger partial charge in [0.25, 0.3) is 0 Å². The molecule has 0 aliphatic carbocycles. The molecule has 5 rings (SSSR count). The first-order valence-corrected chi connectivity index (χ1v) is 29.8. The molecule has 11 heteroatoms. The van der Waals surface area contributed by atoms with Gasteiger partial charge >= 0.3 is 24.1 Å². The Balaban J connectivity index is 1.11. The third-order valence-corrected chi connectivity index (χ3v) is 16.2. The molecule has 0 aromatic heterocycles. The summed E-state index contributed by atoms with van der Waals surface area (Å²) in [5.41, 5.74) is -0.688. The largest absolute Gasteiger partial charge is 0.510 e. The Morgan fingerprint density at radius 2 is 0.904 bits per heavy atom. The second-order valence-corrected chi connectivity index (χ2v) is 21.8. The van der Waals surface area contributed by atoms with Crippen LogP contribution in [-0.2, 0) is 48.4 Å². The molecule has 2 bridgehead atoms. The second-order valence-electron chi connectivity index (χ2n) is 21.8. The van der Waals surface area contributed by atoms with Crippen molar-refractivity contribution in [3.8, 4) is 0 Å². The molecule has 2 aromatic carbocycles. The van der Waals surface area contributed by atoms with Gasteiger partial charge < -0.3 is 32.9 Å². The summed E-state index contributed by atoms with van der Waals surface area (Å²) in [5.74, 6) is -1.36. The first-order chi connectivity index (χ1) is 35.8. The van der Waals surface area contributed by atoms with E-state index in [1.54, 1.807) is 0 Å². The molecule has 73 heavy (non-hydrogen) atoms. The van der Waals surface area contributed by atoms with E-state index in [2.05, 4.69) is 13.8 Å². The number of rotatable bonds is 40. The van der Waals surface area contributed by atoms with Crippen molar-refractivity contribution >= 4 is 24.1 Å². The summed E-state index contributed by atoms with van der Waals surface area (Å²) < 4.78 is 36.6. The smallest absolute Gasteiger partial charge is 0.462 e. The fourth-order valence-electron chi connectivity index (χ4n) is 12.1. The molecule has 3 heterocycles. The van der Waals surface area contributed by atoms with Gasteiger partial charge in [-0.2, -0.15) is 0 Å². The third kappa shape index (κ3) is 20.9. The summed E-state index contributed by atoms with van der Waals surface area (Å²) in [5, 5.41) is 0. The molecule has 3 aliphatic heterocycles. The van der Waals surface area contributed by atoms with Crippen molar-refractivity contribution < 1.29 is 52.1 Å². The summed E-state index contributed by atoms with van der Waals surface area (Å²) in [4.78, 5) is 54.2. The van der Waals surface area contributed by atoms with Crippen LogP contribution in [0.3, 0.4) is 0 Å². The van der Waals surface area contributed by atoms with Crippen molar-refractivity contribution in [3.05, 3.63) is 71.8 Å². The van der Waals surface area contributed by atoms with Crippen LogP contribution in [0, 0.1) is 0 Å². The number of ether oxygens (including phenoxy) is 6. The lowest BCUT2D eigenvalue weighted by Crippen LogP contribution is -2.60. The molecule has 2 unspecified atom stereocenters. The maximum Gasteiger partial charge on any atom is 0.510 e. The van der Waals surface area contributed by atoms with Gasteiger partial charge in [0.1, 0.15) is 19.3 Å². The molecule has 1 spiro atoms. The van der Waals surface area contributed by atoms with Gasteiger partial charge in [0.2, 0.25) is 5.60 Å². The molecular formula is C62H98NO10+.